The maximum Gasteiger partial charge on any atom is 0.184 e. The molecule has 2 aromatic heterocycles. The zero-order valence-electron chi connectivity index (χ0n) is 13.6. The van der Waals surface area contributed by atoms with E-state index in [4.69, 9.17) is 4.42 Å². The number of hydrogen-bond donors (Lipinski definition) is 0. The first-order chi connectivity index (χ1) is 10.9. The summed E-state index contributed by atoms with van der Waals surface area (Å²) in [6.45, 7) is 6.50. The standard InChI is InChI=1S/C19H20N2O2/c1-19(2,3)18-12-15(17-10-7-11-23-17)21(20-18)13-16(22)14-8-5-4-6-9-14/h4-12H,13H2,1-3H3. The highest BCUT2D eigenvalue weighted by atomic mass is 16.3. The Morgan fingerprint density at radius 1 is 1.13 bits per heavy atom. The van der Waals surface area contributed by atoms with E-state index < -0.39 is 0 Å². The first-order valence-corrected chi connectivity index (χ1v) is 7.65. The maximum atomic E-state index is 12.5. The van der Waals surface area contributed by atoms with Gasteiger partial charge in [-0.25, -0.2) is 0 Å². The summed E-state index contributed by atoms with van der Waals surface area (Å²) in [5, 5.41) is 4.64. The second-order valence-corrected chi connectivity index (χ2v) is 6.59. The van der Waals surface area contributed by atoms with Crippen molar-refractivity contribution in [3.8, 4) is 11.5 Å². The van der Waals surface area contributed by atoms with Crippen LogP contribution in [0, 0.1) is 0 Å². The molecule has 0 radical (unpaired) electrons. The molecule has 23 heavy (non-hydrogen) atoms. The first kappa shape index (κ1) is 15.3. The van der Waals surface area contributed by atoms with Crippen LogP contribution in [0.15, 0.2) is 59.2 Å². The van der Waals surface area contributed by atoms with E-state index in [1.54, 1.807) is 10.9 Å². The Hall–Kier alpha value is -2.62. The van der Waals surface area contributed by atoms with E-state index in [1.165, 1.54) is 0 Å². The van der Waals surface area contributed by atoms with Gasteiger partial charge < -0.3 is 4.42 Å². The number of rotatable bonds is 4. The van der Waals surface area contributed by atoms with E-state index in [1.807, 2.05) is 48.5 Å². The zero-order valence-corrected chi connectivity index (χ0v) is 13.6. The van der Waals surface area contributed by atoms with Crippen molar-refractivity contribution < 1.29 is 9.21 Å². The Kier molecular flexibility index (Phi) is 3.90. The first-order valence-electron chi connectivity index (χ1n) is 7.65. The molecule has 0 aliphatic heterocycles. The normalized spacial score (nSPS) is 11.6. The van der Waals surface area contributed by atoms with Crippen LogP contribution in [0.3, 0.4) is 0 Å². The van der Waals surface area contributed by atoms with Crippen LogP contribution in [0.5, 0.6) is 0 Å². The summed E-state index contributed by atoms with van der Waals surface area (Å²) in [4.78, 5) is 12.5. The summed E-state index contributed by atoms with van der Waals surface area (Å²) >= 11 is 0. The molecule has 3 aromatic rings. The van der Waals surface area contributed by atoms with Crippen LogP contribution in [0.1, 0.15) is 36.8 Å². The molecule has 2 heterocycles. The van der Waals surface area contributed by atoms with Crippen molar-refractivity contribution in [3.05, 3.63) is 66.1 Å². The molecule has 0 amide bonds. The number of ketones is 1. The van der Waals surface area contributed by atoms with Gasteiger partial charge in [0, 0.05) is 11.0 Å². The fourth-order valence-corrected chi connectivity index (χ4v) is 2.38. The van der Waals surface area contributed by atoms with Crippen molar-refractivity contribution >= 4 is 5.78 Å². The fourth-order valence-electron chi connectivity index (χ4n) is 2.38. The lowest BCUT2D eigenvalue weighted by Gasteiger charge is -2.14. The second kappa shape index (κ2) is 5.88. The van der Waals surface area contributed by atoms with Gasteiger partial charge in [0.05, 0.1) is 12.0 Å². The van der Waals surface area contributed by atoms with Crippen LogP contribution in [0.25, 0.3) is 11.5 Å². The molecule has 0 N–H and O–H groups in total. The number of aromatic nitrogens is 2. The molecule has 0 saturated heterocycles. The number of carbonyl (C=O) groups excluding carboxylic acids is 1. The van der Waals surface area contributed by atoms with Crippen molar-refractivity contribution in [2.45, 2.75) is 32.7 Å². The minimum Gasteiger partial charge on any atom is -0.463 e. The molecule has 0 unspecified atom stereocenters. The second-order valence-electron chi connectivity index (χ2n) is 6.59. The smallest absolute Gasteiger partial charge is 0.184 e. The van der Waals surface area contributed by atoms with Crippen LogP contribution in [-0.2, 0) is 12.0 Å². The molecule has 0 spiro atoms. The summed E-state index contributed by atoms with van der Waals surface area (Å²) in [5.41, 5.74) is 2.35. The van der Waals surface area contributed by atoms with Crippen molar-refractivity contribution in [1.82, 2.24) is 9.78 Å². The predicted octanol–water partition coefficient (Wildman–Crippen LogP) is 4.32. The summed E-state index contributed by atoms with van der Waals surface area (Å²) < 4.78 is 7.23. The largest absolute Gasteiger partial charge is 0.463 e. The maximum absolute atomic E-state index is 12.5. The van der Waals surface area contributed by atoms with Gasteiger partial charge in [-0.3, -0.25) is 9.48 Å². The van der Waals surface area contributed by atoms with Crippen LogP contribution in [-0.4, -0.2) is 15.6 Å². The fraction of sp³-hybridized carbons (Fsp3) is 0.263. The Balaban J connectivity index is 1.97. The van der Waals surface area contributed by atoms with Crippen LogP contribution >= 0.6 is 0 Å². The van der Waals surface area contributed by atoms with E-state index >= 15 is 0 Å². The molecule has 118 valence electrons. The quantitative estimate of drug-likeness (QED) is 0.674. The third-order valence-corrected chi connectivity index (χ3v) is 3.71. The topological polar surface area (TPSA) is 48.0 Å². The van der Waals surface area contributed by atoms with Gasteiger partial charge in [-0.05, 0) is 18.2 Å². The lowest BCUT2D eigenvalue weighted by molar-refractivity contribution is 0.0968. The van der Waals surface area contributed by atoms with Crippen molar-refractivity contribution in [1.29, 1.82) is 0 Å². The number of furan rings is 1. The molecule has 1 aromatic carbocycles. The van der Waals surface area contributed by atoms with Gasteiger partial charge in [-0.2, -0.15) is 5.10 Å². The van der Waals surface area contributed by atoms with Crippen molar-refractivity contribution in [3.63, 3.8) is 0 Å². The van der Waals surface area contributed by atoms with Crippen LogP contribution in [0.2, 0.25) is 0 Å². The Morgan fingerprint density at radius 3 is 2.48 bits per heavy atom. The molecule has 3 rings (SSSR count). The predicted molar refractivity (Wildman–Crippen MR) is 89.4 cm³/mol. The van der Waals surface area contributed by atoms with Gasteiger partial charge in [0.15, 0.2) is 11.5 Å². The zero-order chi connectivity index (χ0) is 16.4. The van der Waals surface area contributed by atoms with Gasteiger partial charge in [0.2, 0.25) is 0 Å². The van der Waals surface area contributed by atoms with E-state index in [-0.39, 0.29) is 17.7 Å². The van der Waals surface area contributed by atoms with Gasteiger partial charge in [0.25, 0.3) is 0 Å². The molecular weight excluding hydrogens is 288 g/mol. The summed E-state index contributed by atoms with van der Waals surface area (Å²) in [6, 6.07) is 15.0. The average molecular weight is 308 g/mol. The van der Waals surface area contributed by atoms with Crippen LogP contribution < -0.4 is 0 Å². The molecule has 0 atom stereocenters. The Bertz CT molecular complexity index is 794. The molecular formula is C19H20N2O2. The average Bonchev–Trinajstić information content (AvgIpc) is 3.16. The Labute approximate surface area is 135 Å². The van der Waals surface area contributed by atoms with Crippen molar-refractivity contribution in [2.24, 2.45) is 0 Å². The third-order valence-electron chi connectivity index (χ3n) is 3.71. The summed E-state index contributed by atoms with van der Waals surface area (Å²) in [5.74, 6) is 0.746. The highest BCUT2D eigenvalue weighted by Gasteiger charge is 2.22. The van der Waals surface area contributed by atoms with E-state index in [2.05, 4.69) is 25.9 Å². The van der Waals surface area contributed by atoms with E-state index in [0.717, 1.165) is 11.4 Å². The highest BCUT2D eigenvalue weighted by molar-refractivity contribution is 5.96. The lowest BCUT2D eigenvalue weighted by Crippen LogP contribution is -2.16. The minimum absolute atomic E-state index is 0.0296. The third kappa shape index (κ3) is 3.26. The number of Topliss-reactive ketones (excluding diaryl/α,β-unsaturated/α-hetero) is 1. The molecule has 0 aliphatic rings. The highest BCUT2D eigenvalue weighted by Crippen LogP contribution is 2.27. The summed E-state index contributed by atoms with van der Waals surface area (Å²) in [7, 11) is 0. The van der Waals surface area contributed by atoms with Gasteiger partial charge >= 0.3 is 0 Å². The van der Waals surface area contributed by atoms with Crippen molar-refractivity contribution in [2.75, 3.05) is 0 Å². The van der Waals surface area contributed by atoms with Gasteiger partial charge in [-0.15, -0.1) is 0 Å². The Morgan fingerprint density at radius 2 is 1.87 bits per heavy atom. The molecule has 0 fully saturated rings. The number of benzene rings is 1. The van der Waals surface area contributed by atoms with E-state index in [0.29, 0.717) is 11.3 Å². The number of nitrogens with zero attached hydrogens (tertiary/aromatic N) is 2. The molecule has 0 saturated carbocycles. The lowest BCUT2D eigenvalue weighted by atomic mass is 9.92. The van der Waals surface area contributed by atoms with Gasteiger partial charge in [-0.1, -0.05) is 51.1 Å². The minimum atomic E-state index is -0.0949. The molecule has 0 bridgehead atoms. The SMILES string of the molecule is CC(C)(C)c1cc(-c2ccco2)n(CC(=O)c2ccccc2)n1. The molecule has 4 heteroatoms. The van der Waals surface area contributed by atoms with Crippen LogP contribution in [0.4, 0.5) is 0 Å². The monoisotopic (exact) mass is 308 g/mol. The van der Waals surface area contributed by atoms with E-state index in [9.17, 15) is 4.79 Å². The number of carbonyl (C=O) groups is 1. The van der Waals surface area contributed by atoms with Gasteiger partial charge in [0.1, 0.15) is 12.2 Å². The molecule has 4 nitrogen and oxygen atoms in total. The summed E-state index contributed by atoms with van der Waals surface area (Å²) in [6.07, 6.45) is 1.63. The number of hydrogen-bond acceptors (Lipinski definition) is 3. The molecule has 0 aliphatic carbocycles.